The summed E-state index contributed by atoms with van der Waals surface area (Å²) in [6, 6.07) is 9.86. The van der Waals surface area contributed by atoms with Crippen molar-refractivity contribution in [3.05, 3.63) is 52.2 Å². The zero-order valence-corrected chi connectivity index (χ0v) is 18.7. The molecule has 1 aromatic heterocycles. The van der Waals surface area contributed by atoms with Crippen LogP contribution in [0.2, 0.25) is 0 Å². The Labute approximate surface area is 189 Å². The standard InChI is InChI=1S/C22H24N4O5S/c1-22(15-5-7-16(31-2)8-6-15)20(29)26(21(30)23-22)14-18(27)24-9-11-25(12-10-24)19(28)17-4-3-13-32-17/h3-8,13H,9-12,14H2,1-2H3,(H,23,30)/t22-/m0/s1. The van der Waals surface area contributed by atoms with Crippen LogP contribution in [0.15, 0.2) is 41.8 Å². The molecule has 0 spiro atoms. The summed E-state index contributed by atoms with van der Waals surface area (Å²) >= 11 is 1.39. The first-order chi connectivity index (χ1) is 15.3. The molecule has 2 aliphatic rings. The number of hydrogen-bond donors (Lipinski definition) is 1. The van der Waals surface area contributed by atoms with Crippen molar-refractivity contribution < 1.29 is 23.9 Å². The molecule has 2 saturated heterocycles. The summed E-state index contributed by atoms with van der Waals surface area (Å²) < 4.78 is 5.14. The van der Waals surface area contributed by atoms with E-state index in [-0.39, 0.29) is 18.4 Å². The van der Waals surface area contributed by atoms with Gasteiger partial charge in [-0.1, -0.05) is 18.2 Å². The van der Waals surface area contributed by atoms with Crippen molar-refractivity contribution in [2.45, 2.75) is 12.5 Å². The van der Waals surface area contributed by atoms with Crippen molar-refractivity contribution in [2.24, 2.45) is 0 Å². The van der Waals surface area contributed by atoms with E-state index in [1.54, 1.807) is 54.2 Å². The summed E-state index contributed by atoms with van der Waals surface area (Å²) in [5.74, 6) is -0.211. The van der Waals surface area contributed by atoms with Gasteiger partial charge in [0.25, 0.3) is 11.8 Å². The topological polar surface area (TPSA) is 99.3 Å². The number of carbonyl (C=O) groups excluding carboxylic acids is 4. The quantitative estimate of drug-likeness (QED) is 0.688. The average molecular weight is 457 g/mol. The molecule has 9 nitrogen and oxygen atoms in total. The molecule has 3 heterocycles. The van der Waals surface area contributed by atoms with E-state index < -0.39 is 17.5 Å². The van der Waals surface area contributed by atoms with Gasteiger partial charge in [-0.2, -0.15) is 0 Å². The fraction of sp³-hybridized carbons (Fsp3) is 0.364. The van der Waals surface area contributed by atoms with Gasteiger partial charge in [-0.15, -0.1) is 11.3 Å². The third-order valence-corrected chi connectivity index (χ3v) is 6.75. The van der Waals surface area contributed by atoms with E-state index in [0.29, 0.717) is 42.4 Å². The minimum atomic E-state index is -1.25. The Kier molecular flexibility index (Phi) is 5.88. The second kappa shape index (κ2) is 8.62. The highest BCUT2D eigenvalue weighted by Gasteiger charge is 2.49. The van der Waals surface area contributed by atoms with Crippen LogP contribution in [0.1, 0.15) is 22.2 Å². The summed E-state index contributed by atoms with van der Waals surface area (Å²) in [6.45, 7) is 2.81. The van der Waals surface area contributed by atoms with Gasteiger partial charge in [-0.3, -0.25) is 19.3 Å². The molecule has 2 aliphatic heterocycles. The molecule has 0 radical (unpaired) electrons. The van der Waals surface area contributed by atoms with Gasteiger partial charge in [0.15, 0.2) is 0 Å². The molecule has 4 rings (SSSR count). The van der Waals surface area contributed by atoms with E-state index >= 15 is 0 Å². The highest BCUT2D eigenvalue weighted by molar-refractivity contribution is 7.12. The monoisotopic (exact) mass is 456 g/mol. The molecule has 2 aromatic rings. The molecule has 0 bridgehead atoms. The molecule has 1 N–H and O–H groups in total. The third kappa shape index (κ3) is 3.93. The van der Waals surface area contributed by atoms with Crippen molar-refractivity contribution in [2.75, 3.05) is 39.8 Å². The van der Waals surface area contributed by atoms with E-state index in [9.17, 15) is 19.2 Å². The van der Waals surface area contributed by atoms with Crippen molar-refractivity contribution in [3.8, 4) is 5.75 Å². The molecule has 0 aliphatic carbocycles. The maximum atomic E-state index is 13.1. The lowest BCUT2D eigenvalue weighted by molar-refractivity contribution is -0.139. The number of rotatable bonds is 5. The normalized spacial score (nSPS) is 21.0. The number of imide groups is 1. The van der Waals surface area contributed by atoms with Gasteiger partial charge in [0.2, 0.25) is 5.91 Å². The Hall–Kier alpha value is -3.40. The first kappa shape index (κ1) is 21.8. The molecule has 168 valence electrons. The van der Waals surface area contributed by atoms with E-state index in [2.05, 4.69) is 5.32 Å². The smallest absolute Gasteiger partial charge is 0.325 e. The van der Waals surface area contributed by atoms with Crippen LogP contribution in [-0.2, 0) is 15.1 Å². The molecular weight excluding hydrogens is 432 g/mol. The number of amides is 5. The van der Waals surface area contributed by atoms with Crippen LogP contribution in [0.25, 0.3) is 0 Å². The second-order valence-electron chi connectivity index (χ2n) is 7.83. The first-order valence-corrected chi connectivity index (χ1v) is 11.1. The molecule has 10 heteroatoms. The summed E-state index contributed by atoms with van der Waals surface area (Å²) in [5.41, 5.74) is -0.651. The van der Waals surface area contributed by atoms with Gasteiger partial charge in [-0.05, 0) is 36.1 Å². The van der Waals surface area contributed by atoms with Gasteiger partial charge in [0.1, 0.15) is 17.8 Å². The molecule has 1 atom stereocenters. The summed E-state index contributed by atoms with van der Waals surface area (Å²) in [5, 5.41) is 4.56. The molecular formula is C22H24N4O5S. The van der Waals surface area contributed by atoms with E-state index in [1.165, 1.54) is 11.3 Å². The van der Waals surface area contributed by atoms with Crippen LogP contribution in [0.3, 0.4) is 0 Å². The molecule has 2 fully saturated rings. The van der Waals surface area contributed by atoms with Crippen LogP contribution < -0.4 is 10.1 Å². The highest BCUT2D eigenvalue weighted by Crippen LogP contribution is 2.30. The predicted octanol–water partition coefficient (Wildman–Crippen LogP) is 1.51. The number of thiophene rings is 1. The van der Waals surface area contributed by atoms with Gasteiger partial charge >= 0.3 is 6.03 Å². The largest absolute Gasteiger partial charge is 0.497 e. The van der Waals surface area contributed by atoms with Gasteiger partial charge in [0.05, 0.1) is 12.0 Å². The summed E-state index contributed by atoms with van der Waals surface area (Å²) in [6.07, 6.45) is 0. The van der Waals surface area contributed by atoms with Gasteiger partial charge < -0.3 is 19.9 Å². The third-order valence-electron chi connectivity index (χ3n) is 5.89. The van der Waals surface area contributed by atoms with Crippen LogP contribution in [0.5, 0.6) is 5.75 Å². The maximum Gasteiger partial charge on any atom is 0.325 e. The van der Waals surface area contributed by atoms with Crippen LogP contribution in [0, 0.1) is 0 Å². The lowest BCUT2D eigenvalue weighted by Crippen LogP contribution is -2.53. The van der Waals surface area contributed by atoms with E-state index in [4.69, 9.17) is 4.74 Å². The number of ether oxygens (including phenoxy) is 1. The lowest BCUT2D eigenvalue weighted by Gasteiger charge is -2.35. The van der Waals surface area contributed by atoms with Crippen LogP contribution in [0.4, 0.5) is 4.79 Å². The molecule has 32 heavy (non-hydrogen) atoms. The number of methoxy groups -OCH3 is 1. The van der Waals surface area contributed by atoms with Crippen LogP contribution >= 0.6 is 11.3 Å². The number of urea groups is 1. The zero-order chi connectivity index (χ0) is 22.9. The van der Waals surface area contributed by atoms with Gasteiger partial charge in [-0.25, -0.2) is 4.79 Å². The highest BCUT2D eigenvalue weighted by atomic mass is 32.1. The number of nitrogens with zero attached hydrogens (tertiary/aromatic N) is 3. The Morgan fingerprint density at radius 2 is 1.72 bits per heavy atom. The maximum absolute atomic E-state index is 13.1. The minimum Gasteiger partial charge on any atom is -0.497 e. The number of carbonyl (C=O) groups is 4. The van der Waals surface area contributed by atoms with Crippen molar-refractivity contribution in [1.82, 2.24) is 20.0 Å². The molecule has 0 saturated carbocycles. The van der Waals surface area contributed by atoms with Crippen molar-refractivity contribution in [3.63, 3.8) is 0 Å². The number of benzene rings is 1. The SMILES string of the molecule is COc1ccc([C@]2(C)NC(=O)N(CC(=O)N3CCN(C(=O)c4cccs4)CC3)C2=O)cc1. The first-order valence-electron chi connectivity index (χ1n) is 10.2. The number of piperazine rings is 1. The number of hydrogen-bond acceptors (Lipinski definition) is 6. The second-order valence-corrected chi connectivity index (χ2v) is 8.77. The molecule has 5 amide bonds. The van der Waals surface area contributed by atoms with Gasteiger partial charge in [0, 0.05) is 26.2 Å². The summed E-state index contributed by atoms with van der Waals surface area (Å²) in [4.78, 5) is 55.8. The van der Waals surface area contributed by atoms with Crippen LogP contribution in [-0.4, -0.2) is 78.3 Å². The Morgan fingerprint density at radius 1 is 1.06 bits per heavy atom. The predicted molar refractivity (Wildman–Crippen MR) is 117 cm³/mol. The molecule has 1 aromatic carbocycles. The minimum absolute atomic E-state index is 0.0449. The average Bonchev–Trinajstić information content (AvgIpc) is 3.42. The van der Waals surface area contributed by atoms with Crippen molar-refractivity contribution >= 4 is 35.1 Å². The summed E-state index contributed by atoms with van der Waals surface area (Å²) in [7, 11) is 1.55. The number of nitrogens with one attached hydrogen (secondary N) is 1. The van der Waals surface area contributed by atoms with Crippen molar-refractivity contribution in [1.29, 1.82) is 0 Å². The Morgan fingerprint density at radius 3 is 2.31 bits per heavy atom. The zero-order valence-electron chi connectivity index (χ0n) is 17.9. The molecule has 0 unspecified atom stereocenters. The lowest BCUT2D eigenvalue weighted by atomic mass is 9.92. The fourth-order valence-corrected chi connectivity index (χ4v) is 4.60. The fourth-order valence-electron chi connectivity index (χ4n) is 3.91. The Balaban J connectivity index is 1.37. The van der Waals surface area contributed by atoms with E-state index in [0.717, 1.165) is 4.90 Å². The Bertz CT molecular complexity index is 1030. The van der Waals surface area contributed by atoms with E-state index in [1.807, 2.05) is 11.4 Å².